The van der Waals surface area contributed by atoms with Crippen molar-refractivity contribution in [3.63, 3.8) is 0 Å². The van der Waals surface area contributed by atoms with E-state index in [9.17, 15) is 23.1 Å². The zero-order valence-corrected chi connectivity index (χ0v) is 26.2. The Labute approximate surface area is 261 Å². The van der Waals surface area contributed by atoms with Gasteiger partial charge in [0.15, 0.2) is 9.90 Å². The van der Waals surface area contributed by atoms with Gasteiger partial charge >= 0.3 is 12.1 Å². The highest BCUT2D eigenvalue weighted by atomic mass is 32.2. The van der Waals surface area contributed by atoms with Crippen molar-refractivity contribution in [2.75, 3.05) is 18.1 Å². The third-order valence-corrected chi connectivity index (χ3v) is 8.63. The molecular weight excluding hydrogens is 598 g/mol. The number of hydrogen-bond donors (Lipinski definition) is 2. The SMILES string of the molecule is CCOc1cc(-c2ccc(CC(N)(c3cccc(N(CC(=O)O)C(=O)OC(C)(C)C)n3)S(=O)(=O)c3ccccn3)cc2)ccn1. The first-order chi connectivity index (χ1) is 21.2. The van der Waals surface area contributed by atoms with Crippen molar-refractivity contribution in [1.29, 1.82) is 0 Å². The van der Waals surface area contributed by atoms with Gasteiger partial charge in [0.2, 0.25) is 15.7 Å². The summed E-state index contributed by atoms with van der Waals surface area (Å²) < 4.78 is 39.3. The molecule has 0 bridgehead atoms. The second-order valence-electron chi connectivity index (χ2n) is 11.1. The van der Waals surface area contributed by atoms with Crippen molar-refractivity contribution in [1.82, 2.24) is 15.0 Å². The van der Waals surface area contributed by atoms with Crippen LogP contribution in [0.3, 0.4) is 0 Å². The number of aliphatic carboxylic acids is 1. The van der Waals surface area contributed by atoms with Crippen LogP contribution in [-0.4, -0.2) is 59.3 Å². The number of carboxylic acids is 1. The van der Waals surface area contributed by atoms with Gasteiger partial charge in [0.05, 0.1) is 12.3 Å². The minimum atomic E-state index is -4.41. The smallest absolute Gasteiger partial charge is 0.416 e. The molecule has 45 heavy (non-hydrogen) atoms. The molecule has 1 unspecified atom stereocenters. The molecule has 0 aliphatic heterocycles. The highest BCUT2D eigenvalue weighted by Gasteiger charge is 2.45. The summed E-state index contributed by atoms with van der Waals surface area (Å²) in [5, 5.41) is 9.25. The minimum absolute atomic E-state index is 0.121. The van der Waals surface area contributed by atoms with Crippen LogP contribution in [0.1, 0.15) is 39.0 Å². The lowest BCUT2D eigenvalue weighted by Crippen LogP contribution is -2.48. The average Bonchev–Trinajstić information content (AvgIpc) is 3.00. The molecule has 3 heterocycles. The van der Waals surface area contributed by atoms with Crippen LogP contribution in [0.5, 0.6) is 5.88 Å². The van der Waals surface area contributed by atoms with Crippen molar-refractivity contribution < 1.29 is 32.6 Å². The molecule has 0 saturated heterocycles. The quantitative estimate of drug-likeness (QED) is 0.236. The number of hydrogen-bond acceptors (Lipinski definition) is 10. The molecule has 4 rings (SSSR count). The number of nitrogens with two attached hydrogens (primary N) is 1. The summed E-state index contributed by atoms with van der Waals surface area (Å²) in [4.78, 5) is 36.0. The molecule has 1 atom stereocenters. The number of benzene rings is 1. The number of rotatable bonds is 11. The lowest BCUT2D eigenvalue weighted by atomic mass is 9.99. The fraction of sp³-hybridized carbons (Fsp3) is 0.281. The number of carboxylic acid groups (broad SMARTS) is 1. The Bertz CT molecular complexity index is 1760. The summed E-state index contributed by atoms with van der Waals surface area (Å²) in [5.74, 6) is -0.986. The monoisotopic (exact) mass is 633 g/mol. The maximum Gasteiger partial charge on any atom is 0.416 e. The van der Waals surface area contributed by atoms with Crippen molar-refractivity contribution in [2.45, 2.75) is 49.6 Å². The number of nitrogens with zero attached hydrogens (tertiary/aromatic N) is 4. The molecule has 0 fully saturated rings. The summed E-state index contributed by atoms with van der Waals surface area (Å²) in [6, 6.07) is 19.5. The number of anilines is 1. The lowest BCUT2D eigenvalue weighted by molar-refractivity contribution is -0.135. The van der Waals surface area contributed by atoms with Crippen LogP contribution in [0.2, 0.25) is 0 Å². The van der Waals surface area contributed by atoms with Gasteiger partial charge in [-0.15, -0.1) is 0 Å². The van der Waals surface area contributed by atoms with Crippen LogP contribution in [-0.2, 0) is 30.7 Å². The lowest BCUT2D eigenvalue weighted by Gasteiger charge is -2.30. The van der Waals surface area contributed by atoms with Crippen molar-refractivity contribution in [3.05, 3.63) is 96.4 Å². The topological polar surface area (TPSA) is 175 Å². The molecule has 1 aromatic carbocycles. The zero-order chi connectivity index (χ0) is 32.8. The van der Waals surface area contributed by atoms with E-state index in [2.05, 4.69) is 15.0 Å². The van der Waals surface area contributed by atoms with Gasteiger partial charge in [0.1, 0.15) is 18.0 Å². The number of aromatic nitrogens is 3. The van der Waals surface area contributed by atoms with Gasteiger partial charge < -0.3 is 20.3 Å². The van der Waals surface area contributed by atoms with Gasteiger partial charge in [-0.3, -0.25) is 9.69 Å². The molecule has 13 heteroatoms. The van der Waals surface area contributed by atoms with E-state index in [1.165, 1.54) is 36.5 Å². The molecule has 0 saturated carbocycles. The number of pyridine rings is 3. The van der Waals surface area contributed by atoms with Gasteiger partial charge in [0.25, 0.3) is 0 Å². The van der Waals surface area contributed by atoms with E-state index in [0.29, 0.717) is 18.1 Å². The Hall–Kier alpha value is -4.88. The first kappa shape index (κ1) is 33.0. The number of ether oxygens (including phenoxy) is 2. The number of amides is 1. The van der Waals surface area contributed by atoms with Crippen LogP contribution in [0.25, 0.3) is 11.1 Å². The third kappa shape index (κ3) is 7.80. The Morgan fingerprint density at radius 3 is 2.29 bits per heavy atom. The fourth-order valence-electron chi connectivity index (χ4n) is 4.45. The summed E-state index contributed by atoms with van der Waals surface area (Å²) in [5.41, 5.74) is 8.07. The third-order valence-electron chi connectivity index (χ3n) is 6.53. The standard InChI is InChI=1S/C32H35N5O7S/c1-5-43-27-19-24(16-18-34-27)23-14-12-22(13-15-23)20-32(33,45(41,42)28-11-6-7-17-35-28)25-9-8-10-26(36-25)37(21-29(38)39)30(40)44-31(2,3)4/h6-19H,5,20-21,33H2,1-4H3,(H,38,39). The summed E-state index contributed by atoms with van der Waals surface area (Å²) >= 11 is 0. The van der Waals surface area contributed by atoms with Crippen molar-refractivity contribution >= 4 is 27.7 Å². The molecule has 4 aromatic rings. The van der Waals surface area contributed by atoms with Crippen LogP contribution in [0, 0.1) is 0 Å². The molecule has 0 aliphatic carbocycles. The molecule has 3 aromatic heterocycles. The Morgan fingerprint density at radius 1 is 0.933 bits per heavy atom. The van der Waals surface area contributed by atoms with Gasteiger partial charge in [-0.1, -0.05) is 36.4 Å². The molecule has 0 spiro atoms. The first-order valence-electron chi connectivity index (χ1n) is 14.1. The maximum absolute atomic E-state index is 14.2. The molecule has 236 valence electrons. The highest BCUT2D eigenvalue weighted by Crippen LogP contribution is 2.34. The Kier molecular flexibility index (Phi) is 9.84. The van der Waals surface area contributed by atoms with E-state index in [4.69, 9.17) is 15.2 Å². The fourth-order valence-corrected chi connectivity index (χ4v) is 6.03. The molecule has 0 aliphatic rings. The largest absolute Gasteiger partial charge is 0.480 e. The van der Waals surface area contributed by atoms with Crippen LogP contribution in [0.4, 0.5) is 10.6 Å². The van der Waals surface area contributed by atoms with Gasteiger partial charge in [-0.25, -0.2) is 28.2 Å². The summed E-state index contributed by atoms with van der Waals surface area (Å²) in [6.45, 7) is 6.46. The number of carbonyl (C=O) groups excluding carboxylic acids is 1. The normalized spacial score (nSPS) is 13.0. The summed E-state index contributed by atoms with van der Waals surface area (Å²) in [6.07, 6.45) is 1.79. The molecule has 0 radical (unpaired) electrons. The van der Waals surface area contributed by atoms with Crippen LogP contribution >= 0.6 is 0 Å². The number of sulfone groups is 1. The molecule has 3 N–H and O–H groups in total. The van der Waals surface area contributed by atoms with Crippen molar-refractivity contribution in [3.8, 4) is 17.0 Å². The minimum Gasteiger partial charge on any atom is -0.480 e. The predicted molar refractivity (Wildman–Crippen MR) is 167 cm³/mol. The van der Waals surface area contributed by atoms with E-state index < -0.39 is 38.9 Å². The second-order valence-corrected chi connectivity index (χ2v) is 13.2. The highest BCUT2D eigenvalue weighted by molar-refractivity contribution is 7.92. The summed E-state index contributed by atoms with van der Waals surface area (Å²) in [7, 11) is -4.41. The second kappa shape index (κ2) is 13.4. The Morgan fingerprint density at radius 2 is 1.67 bits per heavy atom. The van der Waals surface area contributed by atoms with Gasteiger partial charge in [-0.05, 0) is 74.7 Å². The first-order valence-corrected chi connectivity index (χ1v) is 15.5. The number of carbonyl (C=O) groups is 2. The Balaban J connectivity index is 1.79. The van der Waals surface area contributed by atoms with E-state index in [1.54, 1.807) is 51.2 Å². The van der Waals surface area contributed by atoms with Crippen LogP contribution < -0.4 is 15.4 Å². The average molecular weight is 634 g/mol. The van der Waals surface area contributed by atoms with Gasteiger partial charge in [-0.2, -0.15) is 0 Å². The van der Waals surface area contributed by atoms with E-state index >= 15 is 0 Å². The molecular formula is C32H35N5O7S. The van der Waals surface area contributed by atoms with Crippen molar-refractivity contribution in [2.24, 2.45) is 5.73 Å². The van der Waals surface area contributed by atoms with E-state index in [-0.39, 0.29) is 23.0 Å². The van der Waals surface area contributed by atoms with E-state index in [1.807, 2.05) is 25.1 Å². The van der Waals surface area contributed by atoms with Crippen LogP contribution in [0.15, 0.2) is 90.2 Å². The predicted octanol–water partition coefficient (Wildman–Crippen LogP) is 4.59. The maximum atomic E-state index is 14.2. The molecule has 1 amide bonds. The van der Waals surface area contributed by atoms with Gasteiger partial charge in [0, 0.05) is 24.9 Å². The van der Waals surface area contributed by atoms with E-state index in [0.717, 1.165) is 16.0 Å². The molecule has 12 nitrogen and oxygen atoms in total. The zero-order valence-electron chi connectivity index (χ0n) is 25.4.